The van der Waals surface area contributed by atoms with Crippen molar-refractivity contribution in [2.24, 2.45) is 0 Å². The van der Waals surface area contributed by atoms with Crippen molar-refractivity contribution < 1.29 is 19.1 Å². The molecule has 1 rings (SSSR count). The van der Waals surface area contributed by atoms with Gasteiger partial charge in [0.1, 0.15) is 11.7 Å². The largest absolute Gasteiger partial charge is 0.468 e. The van der Waals surface area contributed by atoms with E-state index in [0.29, 0.717) is 17.3 Å². The number of carbonyl (C=O) groups excluding carboxylic acids is 2. The highest BCUT2D eigenvalue weighted by molar-refractivity contribution is 6.29. The smallest absolute Gasteiger partial charge is 0.325 e. The molecule has 0 fully saturated rings. The maximum Gasteiger partial charge on any atom is 0.325 e. The fraction of sp³-hybridized carbons (Fsp3) is 0.417. The third-order valence-corrected chi connectivity index (χ3v) is 2.60. The van der Waals surface area contributed by atoms with Crippen LogP contribution in [0.15, 0.2) is 18.3 Å². The Morgan fingerprint density at radius 3 is 2.63 bits per heavy atom. The number of hydrogen-bond donors (Lipinski definition) is 0. The average molecular weight is 287 g/mol. The van der Waals surface area contributed by atoms with Gasteiger partial charge in [-0.2, -0.15) is 0 Å². The van der Waals surface area contributed by atoms with Crippen LogP contribution in [0.3, 0.4) is 0 Å². The molecule has 1 heterocycles. The first kappa shape index (κ1) is 15.4. The van der Waals surface area contributed by atoms with Gasteiger partial charge in [0.2, 0.25) is 0 Å². The molecule has 0 atom stereocenters. The monoisotopic (exact) mass is 286 g/mol. The van der Waals surface area contributed by atoms with Gasteiger partial charge in [-0.3, -0.25) is 9.59 Å². The van der Waals surface area contributed by atoms with Crippen LogP contribution in [0.1, 0.15) is 10.4 Å². The van der Waals surface area contributed by atoms with Crippen molar-refractivity contribution in [2.45, 2.75) is 0 Å². The number of halogens is 1. The van der Waals surface area contributed by atoms with Crippen molar-refractivity contribution in [1.29, 1.82) is 0 Å². The summed E-state index contributed by atoms with van der Waals surface area (Å²) in [7, 11) is 2.79. The van der Waals surface area contributed by atoms with E-state index >= 15 is 0 Å². The molecular weight excluding hydrogens is 272 g/mol. The van der Waals surface area contributed by atoms with Crippen molar-refractivity contribution in [3.63, 3.8) is 0 Å². The Hall–Kier alpha value is -1.66. The van der Waals surface area contributed by atoms with Gasteiger partial charge in [-0.15, -0.1) is 0 Å². The number of hydrogen-bond acceptors (Lipinski definition) is 5. The van der Waals surface area contributed by atoms with Gasteiger partial charge in [-0.25, -0.2) is 4.98 Å². The number of ether oxygens (including phenoxy) is 2. The summed E-state index contributed by atoms with van der Waals surface area (Å²) in [6, 6.07) is 3.07. The molecule has 7 heteroatoms. The lowest BCUT2D eigenvalue weighted by atomic mass is 10.2. The lowest BCUT2D eigenvalue weighted by Crippen LogP contribution is -2.38. The summed E-state index contributed by atoms with van der Waals surface area (Å²) in [6.45, 7) is 0.470. The number of aromatic nitrogens is 1. The van der Waals surface area contributed by atoms with Crippen molar-refractivity contribution in [1.82, 2.24) is 9.88 Å². The second kappa shape index (κ2) is 7.70. The van der Waals surface area contributed by atoms with Gasteiger partial charge in [-0.1, -0.05) is 11.6 Å². The molecule has 1 aromatic rings. The molecule has 0 saturated carbocycles. The predicted molar refractivity (Wildman–Crippen MR) is 69.0 cm³/mol. The average Bonchev–Trinajstić information content (AvgIpc) is 2.43. The zero-order valence-corrected chi connectivity index (χ0v) is 11.5. The van der Waals surface area contributed by atoms with Crippen molar-refractivity contribution in [3.05, 3.63) is 29.0 Å². The normalized spacial score (nSPS) is 10.1. The Labute approximate surface area is 116 Å². The summed E-state index contributed by atoms with van der Waals surface area (Å²) >= 11 is 5.66. The zero-order valence-electron chi connectivity index (χ0n) is 10.8. The number of pyridine rings is 1. The van der Waals surface area contributed by atoms with Crippen LogP contribution >= 0.6 is 11.6 Å². The topological polar surface area (TPSA) is 68.7 Å². The van der Waals surface area contributed by atoms with Crippen LogP contribution in [0.4, 0.5) is 0 Å². The quantitative estimate of drug-likeness (QED) is 0.576. The van der Waals surface area contributed by atoms with Crippen LogP contribution in [0.2, 0.25) is 5.15 Å². The van der Waals surface area contributed by atoms with Crippen LogP contribution in [0.25, 0.3) is 0 Å². The van der Waals surface area contributed by atoms with Gasteiger partial charge in [0, 0.05) is 19.9 Å². The molecule has 19 heavy (non-hydrogen) atoms. The number of rotatable bonds is 6. The highest BCUT2D eigenvalue weighted by Crippen LogP contribution is 2.08. The highest BCUT2D eigenvalue weighted by atomic mass is 35.5. The van der Waals surface area contributed by atoms with E-state index in [9.17, 15) is 9.59 Å². The van der Waals surface area contributed by atoms with Crippen LogP contribution in [-0.2, 0) is 14.3 Å². The maximum absolute atomic E-state index is 12.2. The van der Waals surface area contributed by atoms with E-state index in [1.807, 2.05) is 0 Å². The Bertz CT molecular complexity index is 436. The Balaban J connectivity index is 2.80. The van der Waals surface area contributed by atoms with E-state index in [-0.39, 0.29) is 19.0 Å². The minimum absolute atomic E-state index is 0.138. The molecule has 0 aromatic carbocycles. The first-order chi connectivity index (χ1) is 9.08. The van der Waals surface area contributed by atoms with Gasteiger partial charge >= 0.3 is 5.97 Å². The van der Waals surface area contributed by atoms with E-state index in [1.165, 1.54) is 31.4 Å². The van der Waals surface area contributed by atoms with Crippen molar-refractivity contribution >= 4 is 23.5 Å². The molecule has 0 unspecified atom stereocenters. The van der Waals surface area contributed by atoms with Gasteiger partial charge in [-0.05, 0) is 12.1 Å². The van der Waals surface area contributed by atoms with Crippen LogP contribution in [0, 0.1) is 0 Å². The molecule has 1 amide bonds. The Morgan fingerprint density at radius 1 is 1.37 bits per heavy atom. The molecule has 0 radical (unpaired) electrons. The number of nitrogens with zero attached hydrogens (tertiary/aromatic N) is 2. The molecule has 0 spiro atoms. The molecule has 0 aliphatic carbocycles. The molecule has 0 bridgehead atoms. The highest BCUT2D eigenvalue weighted by Gasteiger charge is 2.19. The number of esters is 1. The molecule has 0 N–H and O–H groups in total. The molecule has 0 aliphatic rings. The summed E-state index contributed by atoms with van der Waals surface area (Å²) < 4.78 is 9.47. The third kappa shape index (κ3) is 4.84. The lowest BCUT2D eigenvalue weighted by Gasteiger charge is -2.20. The molecule has 0 saturated heterocycles. The molecule has 0 aliphatic heterocycles. The van der Waals surface area contributed by atoms with E-state index in [0.717, 1.165) is 0 Å². The SMILES string of the molecule is COCCN(CC(=O)OC)C(=O)c1ccc(Cl)nc1. The van der Waals surface area contributed by atoms with Crippen LogP contribution in [0.5, 0.6) is 0 Å². The third-order valence-electron chi connectivity index (χ3n) is 2.37. The molecule has 1 aromatic heterocycles. The second-order valence-corrected chi connectivity index (χ2v) is 4.05. The Kier molecular flexibility index (Phi) is 6.24. The fourth-order valence-electron chi connectivity index (χ4n) is 1.36. The van der Waals surface area contributed by atoms with Gasteiger partial charge in [0.15, 0.2) is 0 Å². The summed E-state index contributed by atoms with van der Waals surface area (Å²) in [5.74, 6) is -0.821. The first-order valence-electron chi connectivity index (χ1n) is 5.55. The van der Waals surface area contributed by atoms with E-state index in [4.69, 9.17) is 16.3 Å². The molecule has 104 valence electrons. The van der Waals surface area contributed by atoms with Gasteiger partial charge < -0.3 is 14.4 Å². The van der Waals surface area contributed by atoms with Gasteiger partial charge in [0.05, 0.1) is 19.3 Å². The van der Waals surface area contributed by atoms with Crippen LogP contribution < -0.4 is 0 Å². The molecular formula is C12H15ClN2O4. The van der Waals surface area contributed by atoms with Crippen LogP contribution in [-0.4, -0.2) is 55.7 Å². The van der Waals surface area contributed by atoms with E-state index in [2.05, 4.69) is 9.72 Å². The zero-order chi connectivity index (χ0) is 14.3. The minimum atomic E-state index is -0.494. The number of carbonyl (C=O) groups is 2. The Morgan fingerprint density at radius 2 is 2.11 bits per heavy atom. The predicted octanol–water partition coefficient (Wildman–Crippen LogP) is 0.997. The molecule has 6 nitrogen and oxygen atoms in total. The summed E-state index contributed by atoms with van der Waals surface area (Å²) in [5, 5.41) is 0.299. The number of amides is 1. The maximum atomic E-state index is 12.2. The van der Waals surface area contributed by atoms with E-state index in [1.54, 1.807) is 6.07 Å². The summed E-state index contributed by atoms with van der Waals surface area (Å²) in [6.07, 6.45) is 1.36. The van der Waals surface area contributed by atoms with Gasteiger partial charge in [0.25, 0.3) is 5.91 Å². The van der Waals surface area contributed by atoms with Crippen molar-refractivity contribution in [2.75, 3.05) is 33.9 Å². The fourth-order valence-corrected chi connectivity index (χ4v) is 1.47. The summed E-state index contributed by atoms with van der Waals surface area (Å²) in [5.41, 5.74) is 0.351. The standard InChI is InChI=1S/C12H15ClN2O4/c1-18-6-5-15(8-11(16)19-2)12(17)9-3-4-10(13)14-7-9/h3-4,7H,5-6,8H2,1-2H3. The summed E-state index contributed by atoms with van der Waals surface area (Å²) in [4.78, 5) is 28.6. The minimum Gasteiger partial charge on any atom is -0.468 e. The first-order valence-corrected chi connectivity index (χ1v) is 5.93. The van der Waals surface area contributed by atoms with Crippen molar-refractivity contribution in [3.8, 4) is 0 Å². The number of methoxy groups -OCH3 is 2. The lowest BCUT2D eigenvalue weighted by molar-refractivity contribution is -0.141. The van der Waals surface area contributed by atoms with E-state index < -0.39 is 5.97 Å². The second-order valence-electron chi connectivity index (χ2n) is 3.67.